The van der Waals surface area contributed by atoms with E-state index in [1.54, 1.807) is 30.3 Å². The molecule has 3 amide bonds. The van der Waals surface area contributed by atoms with E-state index in [4.69, 9.17) is 34.8 Å². The van der Waals surface area contributed by atoms with Gasteiger partial charge in [-0.1, -0.05) is 72.3 Å². The van der Waals surface area contributed by atoms with Gasteiger partial charge in [0.2, 0.25) is 0 Å². The van der Waals surface area contributed by atoms with Crippen LogP contribution in [-0.4, -0.2) is 45.5 Å². The molecule has 0 unspecified atom stereocenters. The SMILES string of the molecule is O=C(O)CN(C(=O)c1nc2ccccc2cc1NC(=O)Nc1c(Cl)cc(Cl)cc1Cl)C1CCCCC1. The highest BCUT2D eigenvalue weighted by Gasteiger charge is 2.31. The van der Waals surface area contributed by atoms with Gasteiger partial charge >= 0.3 is 12.0 Å². The number of carboxylic acids is 1. The van der Waals surface area contributed by atoms with Gasteiger partial charge in [0.25, 0.3) is 5.91 Å². The predicted molar refractivity (Wildman–Crippen MR) is 141 cm³/mol. The van der Waals surface area contributed by atoms with E-state index in [1.807, 2.05) is 0 Å². The number of amides is 3. The van der Waals surface area contributed by atoms with Gasteiger partial charge < -0.3 is 20.6 Å². The molecule has 0 radical (unpaired) electrons. The molecule has 0 aliphatic heterocycles. The van der Waals surface area contributed by atoms with Crippen molar-refractivity contribution in [1.29, 1.82) is 0 Å². The third kappa shape index (κ3) is 6.00. The van der Waals surface area contributed by atoms with Crippen molar-refractivity contribution >= 4 is 75.0 Å². The summed E-state index contributed by atoms with van der Waals surface area (Å²) in [4.78, 5) is 44.1. The molecule has 11 heteroatoms. The van der Waals surface area contributed by atoms with Gasteiger partial charge in [-0.3, -0.25) is 9.59 Å². The first kappa shape index (κ1) is 26.0. The van der Waals surface area contributed by atoms with Gasteiger partial charge in [0, 0.05) is 16.5 Å². The summed E-state index contributed by atoms with van der Waals surface area (Å²) in [6.07, 6.45) is 4.29. The maximum Gasteiger partial charge on any atom is 0.323 e. The third-order valence-electron chi connectivity index (χ3n) is 6.00. The van der Waals surface area contributed by atoms with E-state index in [0.29, 0.717) is 28.8 Å². The summed E-state index contributed by atoms with van der Waals surface area (Å²) >= 11 is 18.3. The van der Waals surface area contributed by atoms with Crippen LogP contribution in [0.4, 0.5) is 16.2 Å². The van der Waals surface area contributed by atoms with Gasteiger partial charge in [-0.05, 0) is 37.1 Å². The summed E-state index contributed by atoms with van der Waals surface area (Å²) in [6, 6.07) is 10.7. The summed E-state index contributed by atoms with van der Waals surface area (Å²) in [7, 11) is 0. The van der Waals surface area contributed by atoms with Crippen LogP contribution < -0.4 is 10.6 Å². The molecule has 3 aromatic rings. The van der Waals surface area contributed by atoms with Crippen LogP contribution in [0.5, 0.6) is 0 Å². The number of carbonyl (C=O) groups is 3. The van der Waals surface area contributed by atoms with Crippen LogP contribution in [0.2, 0.25) is 15.1 Å². The minimum atomic E-state index is -1.12. The Hall–Kier alpha value is -3.07. The zero-order valence-electron chi connectivity index (χ0n) is 19.1. The molecule has 1 aliphatic carbocycles. The van der Waals surface area contributed by atoms with Crippen LogP contribution in [0.3, 0.4) is 0 Å². The Morgan fingerprint density at radius 2 is 1.64 bits per heavy atom. The zero-order valence-corrected chi connectivity index (χ0v) is 21.3. The van der Waals surface area contributed by atoms with Crippen molar-refractivity contribution in [2.45, 2.75) is 38.1 Å². The van der Waals surface area contributed by atoms with Crippen molar-refractivity contribution in [3.8, 4) is 0 Å². The number of aliphatic carboxylic acids is 1. The first-order valence-corrected chi connectivity index (χ1v) is 12.5. The number of aromatic nitrogens is 1. The fraction of sp³-hybridized carbons (Fsp3) is 0.280. The molecular formula is C25H23Cl3N4O4. The van der Waals surface area contributed by atoms with Crippen LogP contribution in [0.1, 0.15) is 42.6 Å². The van der Waals surface area contributed by atoms with Crippen molar-refractivity contribution in [3.63, 3.8) is 0 Å². The number of urea groups is 1. The van der Waals surface area contributed by atoms with Crippen molar-refractivity contribution in [1.82, 2.24) is 9.88 Å². The Morgan fingerprint density at radius 1 is 0.972 bits per heavy atom. The van der Waals surface area contributed by atoms with E-state index in [1.165, 1.54) is 17.0 Å². The number of carbonyl (C=O) groups excluding carboxylic acids is 2. The Morgan fingerprint density at radius 3 is 2.31 bits per heavy atom. The molecule has 36 heavy (non-hydrogen) atoms. The molecule has 1 aromatic heterocycles. The van der Waals surface area contributed by atoms with Gasteiger partial charge in [-0.25, -0.2) is 9.78 Å². The summed E-state index contributed by atoms with van der Waals surface area (Å²) in [5.41, 5.74) is 0.763. The molecule has 4 rings (SSSR count). The molecule has 0 atom stereocenters. The highest BCUT2D eigenvalue weighted by molar-refractivity contribution is 6.42. The smallest absolute Gasteiger partial charge is 0.323 e. The number of hydrogen-bond donors (Lipinski definition) is 3. The molecule has 1 heterocycles. The molecule has 8 nitrogen and oxygen atoms in total. The minimum Gasteiger partial charge on any atom is -0.480 e. The molecule has 3 N–H and O–H groups in total. The average molecular weight is 550 g/mol. The summed E-state index contributed by atoms with van der Waals surface area (Å²) in [6.45, 7) is -0.459. The van der Waals surface area contributed by atoms with E-state index in [-0.39, 0.29) is 33.2 Å². The normalized spacial score (nSPS) is 13.9. The summed E-state index contributed by atoms with van der Waals surface area (Å²) in [5.74, 6) is -1.68. The summed E-state index contributed by atoms with van der Waals surface area (Å²) < 4.78 is 0. The Bertz CT molecular complexity index is 1300. The number of nitrogens with zero attached hydrogens (tertiary/aromatic N) is 2. The van der Waals surface area contributed by atoms with E-state index in [2.05, 4.69) is 15.6 Å². The number of halogens is 3. The fourth-order valence-corrected chi connectivity index (χ4v) is 5.26. The van der Waals surface area contributed by atoms with E-state index in [9.17, 15) is 19.5 Å². The van der Waals surface area contributed by atoms with Gasteiger partial charge in [0.1, 0.15) is 6.54 Å². The lowest BCUT2D eigenvalue weighted by Crippen LogP contribution is -2.45. The molecule has 2 aromatic carbocycles. The number of benzene rings is 2. The highest BCUT2D eigenvalue weighted by atomic mass is 35.5. The number of anilines is 2. The number of hydrogen-bond acceptors (Lipinski definition) is 4. The number of nitrogens with one attached hydrogen (secondary N) is 2. The monoisotopic (exact) mass is 548 g/mol. The van der Waals surface area contributed by atoms with E-state index < -0.39 is 24.5 Å². The Kier molecular flexibility index (Phi) is 8.18. The molecule has 188 valence electrons. The Labute approximate surface area is 222 Å². The standard InChI is InChI=1S/C25H23Cl3N4O4/c26-15-11-17(27)22(18(28)12-15)31-25(36)30-20-10-14-6-4-5-9-19(14)29-23(20)24(35)32(13-21(33)34)16-7-2-1-3-8-16/h4-6,9-12,16H,1-3,7-8,13H2,(H,33,34)(H2,30,31,36). The maximum absolute atomic E-state index is 13.7. The van der Waals surface area contributed by atoms with Gasteiger partial charge in [0.15, 0.2) is 5.69 Å². The molecule has 0 spiro atoms. The van der Waals surface area contributed by atoms with Crippen LogP contribution in [-0.2, 0) is 4.79 Å². The van der Waals surface area contributed by atoms with Gasteiger partial charge in [-0.15, -0.1) is 0 Å². The molecule has 0 saturated heterocycles. The molecule has 1 fully saturated rings. The largest absolute Gasteiger partial charge is 0.480 e. The fourth-order valence-electron chi connectivity index (χ4n) is 4.34. The van der Waals surface area contributed by atoms with Crippen molar-refractivity contribution < 1.29 is 19.5 Å². The van der Waals surface area contributed by atoms with Crippen LogP contribution >= 0.6 is 34.8 Å². The first-order chi connectivity index (χ1) is 17.2. The zero-order chi connectivity index (χ0) is 25.8. The maximum atomic E-state index is 13.7. The number of carboxylic acid groups (broad SMARTS) is 1. The number of para-hydroxylation sites is 1. The predicted octanol–water partition coefficient (Wildman–Crippen LogP) is 6.70. The van der Waals surface area contributed by atoms with Crippen LogP contribution in [0.15, 0.2) is 42.5 Å². The second-order valence-electron chi connectivity index (χ2n) is 8.52. The molecular weight excluding hydrogens is 527 g/mol. The number of pyridine rings is 1. The first-order valence-electron chi connectivity index (χ1n) is 11.4. The third-order valence-corrected chi connectivity index (χ3v) is 6.82. The summed E-state index contributed by atoms with van der Waals surface area (Å²) in [5, 5.41) is 16.0. The van der Waals surface area contributed by atoms with Crippen molar-refractivity contribution in [2.75, 3.05) is 17.2 Å². The lowest BCUT2D eigenvalue weighted by atomic mass is 9.94. The molecule has 1 aliphatic rings. The Balaban J connectivity index is 1.69. The number of rotatable bonds is 6. The molecule has 1 saturated carbocycles. The lowest BCUT2D eigenvalue weighted by molar-refractivity contribution is -0.138. The topological polar surface area (TPSA) is 112 Å². The second-order valence-corrected chi connectivity index (χ2v) is 9.77. The second kappa shape index (κ2) is 11.3. The van der Waals surface area contributed by atoms with Crippen LogP contribution in [0.25, 0.3) is 10.9 Å². The van der Waals surface area contributed by atoms with Crippen molar-refractivity contribution in [3.05, 3.63) is 63.2 Å². The van der Waals surface area contributed by atoms with Crippen molar-refractivity contribution in [2.24, 2.45) is 0 Å². The average Bonchev–Trinajstić information content (AvgIpc) is 2.84. The quantitative estimate of drug-likeness (QED) is 0.317. The van der Waals surface area contributed by atoms with Gasteiger partial charge in [-0.2, -0.15) is 0 Å². The minimum absolute atomic E-state index is 0.0519. The lowest BCUT2D eigenvalue weighted by Gasteiger charge is -2.33. The van der Waals surface area contributed by atoms with E-state index in [0.717, 1.165) is 19.3 Å². The molecule has 0 bridgehead atoms. The number of fused-ring (bicyclic) bond motifs is 1. The van der Waals surface area contributed by atoms with E-state index >= 15 is 0 Å². The highest BCUT2D eigenvalue weighted by Crippen LogP contribution is 2.34. The van der Waals surface area contributed by atoms with Crippen LogP contribution in [0, 0.1) is 0 Å². The van der Waals surface area contributed by atoms with Gasteiger partial charge in [0.05, 0.1) is 26.9 Å².